The van der Waals surface area contributed by atoms with Crippen LogP contribution in [0, 0.1) is 16.7 Å². The summed E-state index contributed by atoms with van der Waals surface area (Å²) in [5.74, 6) is -0.737. The molecule has 1 aliphatic rings. The van der Waals surface area contributed by atoms with Crippen LogP contribution in [0.4, 0.5) is 0 Å². The summed E-state index contributed by atoms with van der Waals surface area (Å²) in [6.45, 7) is 6.10. The highest BCUT2D eigenvalue weighted by atomic mass is 16.2. The van der Waals surface area contributed by atoms with Gasteiger partial charge in [0.1, 0.15) is 0 Å². The van der Waals surface area contributed by atoms with E-state index in [0.717, 1.165) is 12.8 Å². The van der Waals surface area contributed by atoms with Gasteiger partial charge in [-0.1, -0.05) is 20.8 Å². The fourth-order valence-corrected chi connectivity index (χ4v) is 2.00. The van der Waals surface area contributed by atoms with E-state index in [9.17, 15) is 9.59 Å². The molecular weight excluding hydrogens is 216 g/mol. The fourth-order valence-electron chi connectivity index (χ4n) is 2.00. The van der Waals surface area contributed by atoms with Gasteiger partial charge in [-0.25, -0.2) is 0 Å². The van der Waals surface area contributed by atoms with Gasteiger partial charge < -0.3 is 4.90 Å². The van der Waals surface area contributed by atoms with Crippen LogP contribution in [0.2, 0.25) is 0 Å². The molecule has 1 fully saturated rings. The maximum absolute atomic E-state index is 12.1. The topological polar surface area (TPSA) is 61.2 Å². The number of amides is 1. The quantitative estimate of drug-likeness (QED) is 0.700. The van der Waals surface area contributed by atoms with Gasteiger partial charge in [0.05, 0.1) is 12.5 Å². The van der Waals surface area contributed by atoms with Crippen molar-refractivity contribution >= 4 is 11.7 Å². The number of nitriles is 1. The molecule has 4 heteroatoms. The summed E-state index contributed by atoms with van der Waals surface area (Å²) in [6.07, 6.45) is 2.69. The molecule has 0 aromatic heterocycles. The molecule has 0 aromatic rings. The number of carbonyl (C=O) groups is 2. The van der Waals surface area contributed by atoms with Crippen LogP contribution < -0.4 is 0 Å². The Bertz CT molecular complexity index is 355. The van der Waals surface area contributed by atoms with Gasteiger partial charge in [-0.2, -0.15) is 5.26 Å². The van der Waals surface area contributed by atoms with Gasteiger partial charge in [0.2, 0.25) is 5.78 Å². The zero-order valence-corrected chi connectivity index (χ0v) is 10.8. The van der Waals surface area contributed by atoms with E-state index in [-0.39, 0.29) is 11.8 Å². The van der Waals surface area contributed by atoms with Crippen molar-refractivity contribution in [2.45, 2.75) is 52.5 Å². The maximum atomic E-state index is 12.1. The van der Waals surface area contributed by atoms with Gasteiger partial charge >= 0.3 is 0 Å². The zero-order valence-electron chi connectivity index (χ0n) is 10.8. The molecule has 0 saturated carbocycles. The molecule has 1 rings (SSSR count). The number of nitrogens with zero attached hydrogens (tertiary/aromatic N) is 2. The van der Waals surface area contributed by atoms with Crippen LogP contribution in [0.25, 0.3) is 0 Å². The third kappa shape index (κ3) is 2.85. The van der Waals surface area contributed by atoms with Gasteiger partial charge in [-0.3, -0.25) is 9.59 Å². The fraction of sp³-hybridized carbons (Fsp3) is 0.769. The molecule has 1 heterocycles. The average molecular weight is 236 g/mol. The molecule has 1 aliphatic heterocycles. The third-order valence-electron chi connectivity index (χ3n) is 3.66. The van der Waals surface area contributed by atoms with E-state index in [4.69, 9.17) is 5.26 Å². The zero-order chi connectivity index (χ0) is 13.1. The summed E-state index contributed by atoms with van der Waals surface area (Å²) < 4.78 is 0. The second kappa shape index (κ2) is 5.31. The van der Waals surface area contributed by atoms with Crippen LogP contribution in [-0.4, -0.2) is 29.2 Å². The van der Waals surface area contributed by atoms with Crippen molar-refractivity contribution in [1.29, 1.82) is 5.26 Å². The highest BCUT2D eigenvalue weighted by Gasteiger charge is 2.38. The number of hydrogen-bond acceptors (Lipinski definition) is 3. The molecule has 0 unspecified atom stereocenters. The summed E-state index contributed by atoms with van der Waals surface area (Å²) in [4.78, 5) is 25.7. The minimum Gasteiger partial charge on any atom is -0.332 e. The Morgan fingerprint density at radius 2 is 2.12 bits per heavy atom. The van der Waals surface area contributed by atoms with E-state index in [1.165, 1.54) is 0 Å². The first-order chi connectivity index (χ1) is 7.94. The van der Waals surface area contributed by atoms with E-state index < -0.39 is 11.3 Å². The van der Waals surface area contributed by atoms with Gasteiger partial charge in [-0.15, -0.1) is 0 Å². The Labute approximate surface area is 103 Å². The smallest absolute Gasteiger partial charge is 0.290 e. The first-order valence-electron chi connectivity index (χ1n) is 6.16. The number of hydrogen-bond donors (Lipinski definition) is 0. The van der Waals surface area contributed by atoms with E-state index in [1.54, 1.807) is 18.7 Å². The first kappa shape index (κ1) is 13.7. The molecule has 0 spiro atoms. The monoisotopic (exact) mass is 236 g/mol. The van der Waals surface area contributed by atoms with E-state index >= 15 is 0 Å². The van der Waals surface area contributed by atoms with Gasteiger partial charge in [0.25, 0.3) is 5.91 Å². The Kier molecular flexibility index (Phi) is 4.28. The number of ketones is 1. The molecule has 0 radical (unpaired) electrons. The molecule has 1 amide bonds. The van der Waals surface area contributed by atoms with Crippen LogP contribution in [0.15, 0.2) is 0 Å². The number of likely N-dealkylation sites (tertiary alicyclic amines) is 1. The average Bonchev–Trinajstić information content (AvgIpc) is 2.76. The van der Waals surface area contributed by atoms with Crippen molar-refractivity contribution in [2.75, 3.05) is 6.54 Å². The van der Waals surface area contributed by atoms with Crippen LogP contribution >= 0.6 is 0 Å². The Morgan fingerprint density at radius 1 is 1.47 bits per heavy atom. The highest BCUT2D eigenvalue weighted by molar-refractivity contribution is 6.38. The molecule has 1 saturated heterocycles. The summed E-state index contributed by atoms with van der Waals surface area (Å²) in [7, 11) is 0. The van der Waals surface area contributed by atoms with E-state index in [2.05, 4.69) is 6.07 Å². The molecule has 17 heavy (non-hydrogen) atoms. The third-order valence-corrected chi connectivity index (χ3v) is 3.66. The summed E-state index contributed by atoms with van der Waals surface area (Å²) in [5, 5.41) is 8.70. The van der Waals surface area contributed by atoms with Crippen LogP contribution in [0.3, 0.4) is 0 Å². The van der Waals surface area contributed by atoms with Crippen molar-refractivity contribution in [3.8, 4) is 6.07 Å². The predicted molar refractivity (Wildman–Crippen MR) is 64.0 cm³/mol. The van der Waals surface area contributed by atoms with Gasteiger partial charge in [0.15, 0.2) is 0 Å². The molecule has 1 atom stereocenters. The van der Waals surface area contributed by atoms with Gasteiger partial charge in [-0.05, 0) is 19.3 Å². The van der Waals surface area contributed by atoms with Gasteiger partial charge in [0, 0.05) is 18.0 Å². The van der Waals surface area contributed by atoms with Crippen molar-refractivity contribution in [3.05, 3.63) is 0 Å². The number of rotatable bonds is 4. The van der Waals surface area contributed by atoms with E-state index in [0.29, 0.717) is 19.4 Å². The summed E-state index contributed by atoms with van der Waals surface area (Å²) in [6, 6.07) is 2.02. The Morgan fingerprint density at radius 3 is 2.65 bits per heavy atom. The van der Waals surface area contributed by atoms with Crippen molar-refractivity contribution < 1.29 is 9.59 Å². The maximum Gasteiger partial charge on any atom is 0.290 e. The van der Waals surface area contributed by atoms with Crippen molar-refractivity contribution in [1.82, 2.24) is 4.90 Å². The first-order valence-corrected chi connectivity index (χ1v) is 6.16. The largest absolute Gasteiger partial charge is 0.332 e. The lowest BCUT2D eigenvalue weighted by Gasteiger charge is -2.27. The summed E-state index contributed by atoms with van der Waals surface area (Å²) >= 11 is 0. The molecule has 94 valence electrons. The SMILES string of the molecule is CCC(C)(C)C(=O)C(=O)N1CCC[C@H]1CC#N. The molecule has 0 bridgehead atoms. The normalized spacial score (nSPS) is 20.1. The lowest BCUT2D eigenvalue weighted by atomic mass is 9.84. The molecule has 0 N–H and O–H groups in total. The molecule has 0 aromatic carbocycles. The second-order valence-electron chi connectivity index (χ2n) is 5.22. The number of Topliss-reactive ketones (excluding diaryl/α,β-unsaturated/α-hetero) is 1. The lowest BCUT2D eigenvalue weighted by molar-refractivity contribution is -0.149. The number of carbonyl (C=O) groups excluding carboxylic acids is 2. The summed E-state index contributed by atoms with van der Waals surface area (Å²) in [5.41, 5.74) is -0.600. The van der Waals surface area contributed by atoms with Crippen LogP contribution in [0.1, 0.15) is 46.5 Å². The molecular formula is C13H20N2O2. The predicted octanol–water partition coefficient (Wildman–Crippen LogP) is 1.90. The minimum absolute atomic E-state index is 0.0656. The van der Waals surface area contributed by atoms with Crippen LogP contribution in [-0.2, 0) is 9.59 Å². The highest BCUT2D eigenvalue weighted by Crippen LogP contribution is 2.26. The van der Waals surface area contributed by atoms with E-state index in [1.807, 2.05) is 6.92 Å². The lowest BCUT2D eigenvalue weighted by Crippen LogP contribution is -2.44. The van der Waals surface area contributed by atoms with Crippen molar-refractivity contribution in [2.24, 2.45) is 5.41 Å². The van der Waals surface area contributed by atoms with Crippen LogP contribution in [0.5, 0.6) is 0 Å². The molecule has 4 nitrogen and oxygen atoms in total. The second-order valence-corrected chi connectivity index (χ2v) is 5.22. The minimum atomic E-state index is -0.600. The molecule has 0 aliphatic carbocycles. The standard InChI is InChI=1S/C13H20N2O2/c1-4-13(2,3)11(16)12(17)15-9-5-6-10(15)7-8-14/h10H,4-7,9H2,1-3H3/t10-/m0/s1. The van der Waals surface area contributed by atoms with Crippen molar-refractivity contribution in [3.63, 3.8) is 0 Å². The Balaban J connectivity index is 2.77. The Hall–Kier alpha value is -1.37.